The average Bonchev–Trinajstić information content (AvgIpc) is 2.85. The molecule has 0 bridgehead atoms. The quantitative estimate of drug-likeness (QED) is 0.660. The van der Waals surface area contributed by atoms with Gasteiger partial charge in [-0.05, 0) is 42.5 Å². The van der Waals surface area contributed by atoms with Crippen LogP contribution in [0.15, 0.2) is 48.5 Å². The first kappa shape index (κ1) is 15.4. The van der Waals surface area contributed by atoms with Crippen molar-refractivity contribution in [3.63, 3.8) is 0 Å². The number of carbonyl (C=O) groups is 1. The number of carbonyl (C=O) groups excluding carboxylic acids is 1. The molecule has 0 aliphatic carbocycles. The van der Waals surface area contributed by atoms with Crippen molar-refractivity contribution in [1.82, 2.24) is 4.57 Å². The monoisotopic (exact) mass is 338 g/mol. The van der Waals surface area contributed by atoms with Crippen LogP contribution in [-0.2, 0) is 6.18 Å². The number of halogens is 4. The van der Waals surface area contributed by atoms with Gasteiger partial charge in [-0.2, -0.15) is 13.2 Å². The van der Waals surface area contributed by atoms with Crippen LogP contribution in [0.2, 0.25) is 5.02 Å². The lowest BCUT2D eigenvalue weighted by molar-refractivity contribution is -0.142. The Morgan fingerprint density at radius 2 is 1.83 bits per heavy atom. The molecule has 0 radical (unpaired) electrons. The van der Waals surface area contributed by atoms with Gasteiger partial charge >= 0.3 is 6.18 Å². The zero-order chi connectivity index (χ0) is 16.8. The van der Waals surface area contributed by atoms with Crippen LogP contribution in [0, 0.1) is 0 Å². The molecule has 0 unspecified atom stereocenters. The van der Waals surface area contributed by atoms with Crippen molar-refractivity contribution in [2.24, 2.45) is 0 Å². The van der Waals surface area contributed by atoms with Gasteiger partial charge in [-0.3, -0.25) is 9.36 Å². The third kappa shape index (κ3) is 2.77. The maximum atomic E-state index is 13.3. The van der Waals surface area contributed by atoms with Crippen LogP contribution in [0.5, 0.6) is 0 Å². The molecular formula is C16H10ClF3N2O. The summed E-state index contributed by atoms with van der Waals surface area (Å²) in [6.07, 6.45) is -4.68. The summed E-state index contributed by atoms with van der Waals surface area (Å²) in [4.78, 5) is 12.6. The number of fused-ring (bicyclic) bond motifs is 1. The zero-order valence-corrected chi connectivity index (χ0v) is 12.3. The molecule has 3 rings (SSSR count). The second kappa shape index (κ2) is 5.31. The normalized spacial score (nSPS) is 11.8. The number of alkyl halides is 3. The maximum Gasteiger partial charge on any atom is 0.431 e. The summed E-state index contributed by atoms with van der Waals surface area (Å²) in [5, 5.41) is 0.512. The summed E-state index contributed by atoms with van der Waals surface area (Å²) in [6.45, 7) is 0. The second-order valence-electron chi connectivity index (χ2n) is 5.00. The Labute approximate surface area is 134 Å². The van der Waals surface area contributed by atoms with Crippen molar-refractivity contribution in [1.29, 1.82) is 0 Å². The van der Waals surface area contributed by atoms with Crippen molar-refractivity contribution in [3.8, 4) is 0 Å². The van der Waals surface area contributed by atoms with Crippen molar-refractivity contribution in [3.05, 3.63) is 64.8 Å². The molecule has 1 heterocycles. The molecule has 2 N–H and O–H groups in total. The summed E-state index contributed by atoms with van der Waals surface area (Å²) in [6, 6.07) is 10.9. The fraction of sp³-hybridized carbons (Fsp3) is 0.0625. The smallest absolute Gasteiger partial charge is 0.399 e. The molecular weight excluding hydrogens is 329 g/mol. The Bertz CT molecular complexity index is 915. The second-order valence-corrected chi connectivity index (χ2v) is 5.43. The van der Waals surface area contributed by atoms with Gasteiger partial charge in [0, 0.05) is 21.7 Å². The van der Waals surface area contributed by atoms with Gasteiger partial charge < -0.3 is 5.73 Å². The van der Waals surface area contributed by atoms with E-state index in [4.69, 9.17) is 17.3 Å². The molecule has 2 aromatic carbocycles. The van der Waals surface area contributed by atoms with E-state index in [1.54, 1.807) is 0 Å². The first-order valence-electron chi connectivity index (χ1n) is 6.56. The first-order valence-corrected chi connectivity index (χ1v) is 6.93. The van der Waals surface area contributed by atoms with Crippen LogP contribution < -0.4 is 5.73 Å². The lowest BCUT2D eigenvalue weighted by atomic mass is 10.2. The predicted molar refractivity (Wildman–Crippen MR) is 82.5 cm³/mol. The minimum atomic E-state index is -4.68. The number of hydrogen-bond donors (Lipinski definition) is 1. The van der Waals surface area contributed by atoms with Crippen LogP contribution in [0.25, 0.3) is 10.9 Å². The van der Waals surface area contributed by atoms with E-state index in [1.165, 1.54) is 42.5 Å². The van der Waals surface area contributed by atoms with Crippen molar-refractivity contribution < 1.29 is 18.0 Å². The van der Waals surface area contributed by atoms with Crippen LogP contribution in [0.4, 0.5) is 18.9 Å². The van der Waals surface area contributed by atoms with Crippen molar-refractivity contribution in [2.75, 3.05) is 5.73 Å². The summed E-state index contributed by atoms with van der Waals surface area (Å²) < 4.78 is 40.6. The van der Waals surface area contributed by atoms with Gasteiger partial charge in [0.05, 0.1) is 5.52 Å². The summed E-state index contributed by atoms with van der Waals surface area (Å²) in [7, 11) is 0. The average molecular weight is 339 g/mol. The molecule has 0 saturated heterocycles. The van der Waals surface area contributed by atoms with E-state index in [-0.39, 0.29) is 21.5 Å². The number of rotatable bonds is 1. The van der Waals surface area contributed by atoms with E-state index in [0.717, 1.165) is 6.07 Å². The van der Waals surface area contributed by atoms with Gasteiger partial charge in [0.15, 0.2) is 0 Å². The number of benzene rings is 2. The maximum absolute atomic E-state index is 13.3. The topological polar surface area (TPSA) is 48.0 Å². The molecule has 0 aliphatic rings. The predicted octanol–water partition coefficient (Wildman–Crippen LogP) is 4.58. The Hall–Kier alpha value is -2.47. The molecule has 7 heteroatoms. The SMILES string of the molecule is Nc1ccc2c(c1)cc(C(F)(F)F)n2C(=O)c1cccc(Cl)c1. The standard InChI is InChI=1S/C16H10ClF3N2O/c17-11-3-1-2-9(6-11)15(23)22-13-5-4-12(21)7-10(13)8-14(22)16(18,19)20/h1-8H,21H2. The third-order valence-corrected chi connectivity index (χ3v) is 3.63. The lowest BCUT2D eigenvalue weighted by Gasteiger charge is -2.12. The largest absolute Gasteiger partial charge is 0.431 e. The number of nitrogen functional groups attached to an aromatic ring is 1. The van der Waals surface area contributed by atoms with E-state index in [1.807, 2.05) is 0 Å². The highest BCUT2D eigenvalue weighted by atomic mass is 35.5. The Morgan fingerprint density at radius 3 is 2.48 bits per heavy atom. The van der Waals surface area contributed by atoms with Gasteiger partial charge in [-0.1, -0.05) is 17.7 Å². The van der Waals surface area contributed by atoms with Crippen LogP contribution in [0.1, 0.15) is 16.1 Å². The highest BCUT2D eigenvalue weighted by Gasteiger charge is 2.37. The fourth-order valence-electron chi connectivity index (χ4n) is 2.41. The van der Waals surface area contributed by atoms with Gasteiger partial charge in [0.1, 0.15) is 5.69 Å². The summed E-state index contributed by atoms with van der Waals surface area (Å²) in [5.74, 6) is -0.806. The molecule has 118 valence electrons. The van der Waals surface area contributed by atoms with Gasteiger partial charge in [-0.15, -0.1) is 0 Å². The minimum absolute atomic E-state index is 0.0670. The Kier molecular flexibility index (Phi) is 3.56. The van der Waals surface area contributed by atoms with E-state index >= 15 is 0 Å². The first-order chi connectivity index (χ1) is 10.8. The van der Waals surface area contributed by atoms with Crippen LogP contribution in [-0.4, -0.2) is 10.5 Å². The van der Waals surface area contributed by atoms with E-state index in [2.05, 4.69) is 0 Å². The molecule has 3 nitrogen and oxygen atoms in total. The number of nitrogens with two attached hydrogens (primary N) is 1. The van der Waals surface area contributed by atoms with E-state index < -0.39 is 17.8 Å². The fourth-order valence-corrected chi connectivity index (χ4v) is 2.60. The number of nitrogens with zero attached hydrogens (tertiary/aromatic N) is 1. The van der Waals surface area contributed by atoms with Crippen molar-refractivity contribution >= 4 is 34.1 Å². The van der Waals surface area contributed by atoms with Crippen LogP contribution in [0.3, 0.4) is 0 Å². The Morgan fingerprint density at radius 1 is 1.09 bits per heavy atom. The molecule has 0 fully saturated rings. The minimum Gasteiger partial charge on any atom is -0.399 e. The number of anilines is 1. The molecule has 3 aromatic rings. The molecule has 0 atom stereocenters. The molecule has 0 spiro atoms. The summed E-state index contributed by atoms with van der Waals surface area (Å²) in [5.41, 5.74) is 5.07. The third-order valence-electron chi connectivity index (χ3n) is 3.39. The molecule has 0 aliphatic heterocycles. The van der Waals surface area contributed by atoms with E-state index in [0.29, 0.717) is 10.3 Å². The Balaban J connectivity index is 2.28. The molecule has 0 amide bonds. The van der Waals surface area contributed by atoms with Gasteiger partial charge in [-0.25, -0.2) is 0 Å². The number of aromatic nitrogens is 1. The molecule has 1 aromatic heterocycles. The highest BCUT2D eigenvalue weighted by Crippen LogP contribution is 2.35. The number of hydrogen-bond acceptors (Lipinski definition) is 2. The molecule has 0 saturated carbocycles. The lowest BCUT2D eigenvalue weighted by Crippen LogP contribution is -2.20. The molecule has 23 heavy (non-hydrogen) atoms. The van der Waals surface area contributed by atoms with Gasteiger partial charge in [0.2, 0.25) is 0 Å². The van der Waals surface area contributed by atoms with Crippen molar-refractivity contribution in [2.45, 2.75) is 6.18 Å². The van der Waals surface area contributed by atoms with Gasteiger partial charge in [0.25, 0.3) is 5.91 Å². The summed E-state index contributed by atoms with van der Waals surface area (Å²) >= 11 is 5.82. The highest BCUT2D eigenvalue weighted by molar-refractivity contribution is 6.31. The van der Waals surface area contributed by atoms with E-state index in [9.17, 15) is 18.0 Å². The zero-order valence-electron chi connectivity index (χ0n) is 11.6. The van der Waals surface area contributed by atoms with Crippen LogP contribution >= 0.6 is 11.6 Å².